The average molecular weight is 772 g/mol. The molecular formula is C56H43N2Si-. The van der Waals surface area contributed by atoms with E-state index in [1.165, 1.54) is 94.3 Å². The summed E-state index contributed by atoms with van der Waals surface area (Å²) in [6.07, 6.45) is 7.52. The predicted octanol–water partition coefficient (Wildman–Crippen LogP) is 14.0. The molecule has 3 heteroatoms. The van der Waals surface area contributed by atoms with Crippen LogP contribution in [0.3, 0.4) is 0 Å². The molecule has 0 amide bonds. The van der Waals surface area contributed by atoms with E-state index in [-0.39, 0.29) is 5.41 Å². The molecule has 2 atom stereocenters. The molecule has 0 radical (unpaired) electrons. The van der Waals surface area contributed by atoms with Crippen molar-refractivity contribution >= 4 is 57.9 Å². The van der Waals surface area contributed by atoms with Crippen molar-refractivity contribution < 1.29 is 0 Å². The first-order chi connectivity index (χ1) is 28.9. The highest BCUT2D eigenvalue weighted by atomic mass is 28.3. The van der Waals surface area contributed by atoms with E-state index in [9.17, 15) is 0 Å². The Labute approximate surface area is 347 Å². The number of anilines is 2. The van der Waals surface area contributed by atoms with Crippen molar-refractivity contribution in [3.8, 4) is 27.9 Å². The van der Waals surface area contributed by atoms with Crippen LogP contribution in [0, 0.1) is 0 Å². The minimum atomic E-state index is -0.807. The zero-order chi connectivity index (χ0) is 39.4. The molecule has 0 fully saturated rings. The minimum absolute atomic E-state index is 0.0704. The van der Waals surface area contributed by atoms with Crippen molar-refractivity contribution in [1.29, 1.82) is 0 Å². The third-order valence-corrected chi connectivity index (χ3v) is 16.5. The van der Waals surface area contributed by atoms with Crippen molar-refractivity contribution in [2.75, 3.05) is 4.90 Å². The van der Waals surface area contributed by atoms with Crippen LogP contribution in [0.2, 0.25) is 12.1 Å². The Bertz CT molecular complexity index is 3220. The number of fused-ring (bicyclic) bond motifs is 11. The van der Waals surface area contributed by atoms with Crippen LogP contribution in [0.1, 0.15) is 36.5 Å². The Morgan fingerprint density at radius 1 is 0.576 bits per heavy atom. The van der Waals surface area contributed by atoms with Gasteiger partial charge < -0.3 is 9.47 Å². The van der Waals surface area contributed by atoms with Gasteiger partial charge in [-0.3, -0.25) is 8.80 Å². The molecule has 0 N–H and O–H groups in total. The molecule has 2 unspecified atom stereocenters. The molecule has 1 aromatic heterocycles. The van der Waals surface area contributed by atoms with E-state index in [0.717, 1.165) is 0 Å². The fourth-order valence-corrected chi connectivity index (χ4v) is 13.3. The number of allylic oxidation sites excluding steroid dienone is 3. The summed E-state index contributed by atoms with van der Waals surface area (Å²) in [4.78, 5) is 2.48. The molecule has 282 valence electrons. The van der Waals surface area contributed by atoms with Gasteiger partial charge in [0.25, 0.3) is 0 Å². The first-order valence-corrected chi connectivity index (χ1v) is 23.0. The summed E-state index contributed by atoms with van der Waals surface area (Å²) in [6, 6.07) is 65.7. The van der Waals surface area contributed by atoms with Crippen molar-refractivity contribution in [2.45, 2.75) is 37.3 Å². The van der Waals surface area contributed by atoms with Crippen LogP contribution in [0.5, 0.6) is 0 Å². The normalized spacial score (nSPS) is 17.2. The van der Waals surface area contributed by atoms with Crippen molar-refractivity contribution in [3.05, 3.63) is 217 Å². The van der Waals surface area contributed by atoms with Crippen LogP contribution in [0.25, 0.3) is 60.5 Å². The molecule has 0 bridgehead atoms. The van der Waals surface area contributed by atoms with Gasteiger partial charge >= 0.3 is 0 Å². The van der Waals surface area contributed by atoms with E-state index >= 15 is 0 Å². The maximum absolute atomic E-state index is 2.58. The number of nitrogens with zero attached hydrogens (tertiary/aromatic N) is 2. The van der Waals surface area contributed by atoms with E-state index < -0.39 is 8.80 Å². The van der Waals surface area contributed by atoms with Gasteiger partial charge in [0.15, 0.2) is 0 Å². The second-order valence-corrected chi connectivity index (χ2v) is 19.7. The summed E-state index contributed by atoms with van der Waals surface area (Å²) in [6.45, 7) is 7.26. The largest absolute Gasteiger partial charge is 0.311 e. The molecule has 2 aliphatic carbocycles. The second-order valence-electron chi connectivity index (χ2n) is 17.1. The van der Waals surface area contributed by atoms with Crippen LogP contribution < -0.4 is 10.1 Å². The molecule has 3 aliphatic rings. The van der Waals surface area contributed by atoms with Gasteiger partial charge in [-0.15, -0.1) is 11.6 Å². The fourth-order valence-electron chi connectivity index (χ4n) is 10.7. The van der Waals surface area contributed by atoms with Gasteiger partial charge in [0.1, 0.15) is 0 Å². The lowest BCUT2D eigenvalue weighted by Gasteiger charge is -2.35. The zero-order valence-corrected chi connectivity index (χ0v) is 34.5. The summed E-state index contributed by atoms with van der Waals surface area (Å²) in [5, 5.41) is 6.73. The summed E-state index contributed by atoms with van der Waals surface area (Å²) in [5.74, 6) is 0.317. The highest BCUT2D eigenvalue weighted by Crippen LogP contribution is 2.51. The maximum atomic E-state index is 2.58. The summed E-state index contributed by atoms with van der Waals surface area (Å²) >= 11 is 0. The van der Waals surface area contributed by atoms with Gasteiger partial charge in [0.2, 0.25) is 0 Å². The Morgan fingerprint density at radius 3 is 2.15 bits per heavy atom. The Hall–Kier alpha value is -6.68. The summed E-state index contributed by atoms with van der Waals surface area (Å²) < 4.78 is 2.43. The number of rotatable bonds is 5. The second kappa shape index (κ2) is 12.9. The lowest BCUT2D eigenvalue weighted by Crippen LogP contribution is -2.26. The van der Waals surface area contributed by atoms with Crippen LogP contribution >= 0.6 is 0 Å². The molecule has 12 rings (SSSR count). The molecule has 2 heterocycles. The van der Waals surface area contributed by atoms with Gasteiger partial charge in [-0.05, 0) is 111 Å². The number of aromatic nitrogens is 1. The molecule has 0 spiro atoms. The van der Waals surface area contributed by atoms with Gasteiger partial charge in [-0.2, -0.15) is 11.7 Å². The molecule has 0 saturated heterocycles. The minimum Gasteiger partial charge on any atom is -0.311 e. The molecular weight excluding hydrogens is 729 g/mol. The highest BCUT2D eigenvalue weighted by molar-refractivity contribution is 6.76. The summed E-state index contributed by atoms with van der Waals surface area (Å²) in [5.41, 5.74) is 17.3. The van der Waals surface area contributed by atoms with Crippen LogP contribution in [-0.4, -0.2) is 13.4 Å². The smallest absolute Gasteiger partial charge is 0.0547 e. The van der Waals surface area contributed by atoms with E-state index in [0.29, 0.717) is 11.5 Å². The Kier molecular flexibility index (Phi) is 7.52. The van der Waals surface area contributed by atoms with Gasteiger partial charge in [-0.25, -0.2) is 0 Å². The number of hydrogen-bond donors (Lipinski definition) is 0. The van der Waals surface area contributed by atoms with Crippen LogP contribution in [0.15, 0.2) is 200 Å². The topological polar surface area (TPSA) is 8.17 Å². The maximum Gasteiger partial charge on any atom is 0.0547 e. The van der Waals surface area contributed by atoms with E-state index in [2.05, 4.69) is 224 Å². The lowest BCUT2D eigenvalue weighted by atomic mass is 9.82. The molecule has 1 aliphatic heterocycles. The SMILES string of the molecule is C[Si-]1c2ccc(-c3ccc4c(c3)c3c5ccccc5ccc3n4-c3ccccc3)cc2C2C=C(N(c3ccccc3)c3ccc4c(c3)C(C)(C)c3ccccc3-4)C=CC21. The fraction of sp³-hybridized carbons (Fsp3) is 0.107. The van der Waals surface area contributed by atoms with E-state index in [1.807, 2.05) is 0 Å². The monoisotopic (exact) mass is 771 g/mol. The highest BCUT2D eigenvalue weighted by Gasteiger charge is 2.36. The Morgan fingerprint density at radius 2 is 1.29 bits per heavy atom. The zero-order valence-electron chi connectivity index (χ0n) is 33.5. The predicted molar refractivity (Wildman–Crippen MR) is 251 cm³/mol. The summed E-state index contributed by atoms with van der Waals surface area (Å²) in [7, 11) is -0.807. The molecule has 8 aromatic carbocycles. The third kappa shape index (κ3) is 5.11. The van der Waals surface area contributed by atoms with Crippen molar-refractivity contribution in [3.63, 3.8) is 0 Å². The van der Waals surface area contributed by atoms with Gasteiger partial charge in [0, 0.05) is 38.9 Å². The standard InChI is InChI=1S/C56H43N2Si/c1-56(2)49-21-13-12-20-44(49)45-27-25-42(35-50(45)56)57(39-15-6-4-7-16-39)41-26-31-54-47(34-41)46-32-38(24-30-53(46)59(54)3)37-23-28-51-48(33-37)55-43-19-11-10-14-36(43)22-29-52(55)58(51)40-17-8-5-9-18-40/h4-35,47,54H,1-3H3/q-1. The Balaban J connectivity index is 0.981. The van der Waals surface area contributed by atoms with Gasteiger partial charge in [-0.1, -0.05) is 147 Å². The number of hydrogen-bond acceptors (Lipinski definition) is 1. The number of benzene rings is 8. The molecule has 2 nitrogen and oxygen atoms in total. The van der Waals surface area contributed by atoms with Crippen LogP contribution in [-0.2, 0) is 5.41 Å². The molecule has 9 aromatic rings. The van der Waals surface area contributed by atoms with Crippen molar-refractivity contribution in [1.82, 2.24) is 4.57 Å². The quantitative estimate of drug-likeness (QED) is 0.158. The first kappa shape index (κ1) is 34.4. The first-order valence-electron chi connectivity index (χ1n) is 20.9. The van der Waals surface area contributed by atoms with Crippen LogP contribution in [0.4, 0.5) is 11.4 Å². The van der Waals surface area contributed by atoms with Crippen molar-refractivity contribution in [2.24, 2.45) is 0 Å². The third-order valence-electron chi connectivity index (χ3n) is 13.6. The average Bonchev–Trinajstić information content (AvgIpc) is 3.86. The van der Waals surface area contributed by atoms with Gasteiger partial charge in [0.05, 0.1) is 11.0 Å². The molecule has 59 heavy (non-hydrogen) atoms. The van der Waals surface area contributed by atoms with E-state index in [4.69, 9.17) is 0 Å². The molecule has 0 saturated carbocycles. The lowest BCUT2D eigenvalue weighted by molar-refractivity contribution is 0.660. The number of para-hydroxylation sites is 2. The van der Waals surface area contributed by atoms with E-state index in [1.54, 1.807) is 5.19 Å².